The summed E-state index contributed by atoms with van der Waals surface area (Å²) in [5, 5.41) is 2.65. The van der Waals surface area contributed by atoms with E-state index in [2.05, 4.69) is 5.32 Å². The largest absolute Gasteiger partial charge is 0.325 e. The highest BCUT2D eigenvalue weighted by Gasteiger charge is 2.31. The van der Waals surface area contributed by atoms with Crippen LogP contribution in [0, 0.1) is 5.92 Å². The van der Waals surface area contributed by atoms with Crippen LogP contribution >= 0.6 is 0 Å². The van der Waals surface area contributed by atoms with Gasteiger partial charge in [-0.25, -0.2) is 25.4 Å². The third-order valence-corrected chi connectivity index (χ3v) is 7.27. The summed E-state index contributed by atoms with van der Waals surface area (Å²) in [5.74, 6) is -0.895. The summed E-state index contributed by atoms with van der Waals surface area (Å²) in [4.78, 5) is 12.6. The van der Waals surface area contributed by atoms with E-state index in [0.717, 1.165) is 10.6 Å². The summed E-state index contributed by atoms with van der Waals surface area (Å²) in [7, 11) is -4.23. The fourth-order valence-corrected chi connectivity index (χ4v) is 4.64. The Morgan fingerprint density at radius 3 is 2.44 bits per heavy atom. The summed E-state index contributed by atoms with van der Waals surface area (Å²) in [6.45, 7) is 0.501. The molecule has 1 atom stereocenters. The number of hydrogen-bond donors (Lipinski definition) is 1. The standard InChI is InChI=1S/C15H23N3O5S2/c1-17(2)25(22,23)14-9-5-4-8-13(14)16-15(19)12-7-6-10-18(11-12)24(3,20)21/h4-5,8-9,12H,6-7,10-11H2,1-3H3,(H,16,19). The Morgan fingerprint density at radius 2 is 1.84 bits per heavy atom. The van der Waals surface area contributed by atoms with E-state index in [4.69, 9.17) is 0 Å². The van der Waals surface area contributed by atoms with Gasteiger partial charge >= 0.3 is 0 Å². The van der Waals surface area contributed by atoms with Crippen LogP contribution in [-0.2, 0) is 24.8 Å². The lowest BCUT2D eigenvalue weighted by Gasteiger charge is -2.30. The van der Waals surface area contributed by atoms with Gasteiger partial charge in [-0.2, -0.15) is 0 Å². The zero-order valence-electron chi connectivity index (χ0n) is 14.5. The maximum Gasteiger partial charge on any atom is 0.244 e. The third kappa shape index (κ3) is 4.57. The molecule has 1 aromatic rings. The summed E-state index contributed by atoms with van der Waals surface area (Å²) >= 11 is 0. The molecule has 0 bridgehead atoms. The van der Waals surface area contributed by atoms with Crippen molar-refractivity contribution in [3.63, 3.8) is 0 Å². The van der Waals surface area contributed by atoms with E-state index in [1.807, 2.05) is 0 Å². The Balaban J connectivity index is 2.22. The van der Waals surface area contributed by atoms with Gasteiger partial charge in [-0.3, -0.25) is 4.79 Å². The Bertz CT molecular complexity index is 850. The van der Waals surface area contributed by atoms with Crippen molar-refractivity contribution in [3.05, 3.63) is 24.3 Å². The zero-order chi connectivity index (χ0) is 18.8. The third-order valence-electron chi connectivity index (χ3n) is 4.13. The van der Waals surface area contributed by atoms with E-state index >= 15 is 0 Å². The van der Waals surface area contributed by atoms with E-state index in [1.165, 1.54) is 30.5 Å². The molecule has 2 rings (SSSR count). The minimum Gasteiger partial charge on any atom is -0.325 e. The Kier molecular flexibility index (Phi) is 5.87. The molecule has 1 unspecified atom stereocenters. The van der Waals surface area contributed by atoms with Crippen molar-refractivity contribution >= 4 is 31.6 Å². The van der Waals surface area contributed by atoms with Gasteiger partial charge in [0, 0.05) is 27.2 Å². The predicted molar refractivity (Wildman–Crippen MR) is 95.1 cm³/mol. The molecule has 25 heavy (non-hydrogen) atoms. The molecule has 0 saturated carbocycles. The molecule has 1 aliphatic heterocycles. The number of piperidine rings is 1. The summed E-state index contributed by atoms with van der Waals surface area (Å²) in [6.07, 6.45) is 2.26. The van der Waals surface area contributed by atoms with E-state index in [-0.39, 0.29) is 23.0 Å². The second kappa shape index (κ2) is 7.40. The van der Waals surface area contributed by atoms with Crippen LogP contribution in [0.2, 0.25) is 0 Å². The molecule has 1 heterocycles. The molecule has 10 heteroatoms. The number of nitrogens with zero attached hydrogens (tertiary/aromatic N) is 2. The van der Waals surface area contributed by atoms with Crippen LogP contribution in [0.4, 0.5) is 5.69 Å². The average molecular weight is 389 g/mol. The Hall–Kier alpha value is -1.49. The fraction of sp³-hybridized carbons (Fsp3) is 0.533. The summed E-state index contributed by atoms with van der Waals surface area (Å²) in [6, 6.07) is 6.16. The number of sulfonamides is 2. The lowest BCUT2D eigenvalue weighted by atomic mass is 9.99. The molecule has 1 fully saturated rings. The Morgan fingerprint density at radius 1 is 1.20 bits per heavy atom. The van der Waals surface area contributed by atoms with Crippen LogP contribution in [0.3, 0.4) is 0 Å². The molecular weight excluding hydrogens is 366 g/mol. The van der Waals surface area contributed by atoms with Gasteiger partial charge in [0.25, 0.3) is 0 Å². The van der Waals surface area contributed by atoms with Gasteiger partial charge in [-0.05, 0) is 25.0 Å². The second-order valence-corrected chi connectivity index (χ2v) is 10.3. The maximum atomic E-state index is 12.5. The van der Waals surface area contributed by atoms with Crippen LogP contribution in [0.15, 0.2) is 29.2 Å². The van der Waals surface area contributed by atoms with E-state index in [9.17, 15) is 21.6 Å². The molecule has 0 aromatic heterocycles. The van der Waals surface area contributed by atoms with Crippen molar-refractivity contribution in [2.75, 3.05) is 38.8 Å². The van der Waals surface area contributed by atoms with E-state index in [1.54, 1.807) is 12.1 Å². The SMILES string of the molecule is CN(C)S(=O)(=O)c1ccccc1NC(=O)C1CCCN(S(C)(=O)=O)C1. The fourth-order valence-electron chi connectivity index (χ4n) is 2.68. The lowest BCUT2D eigenvalue weighted by molar-refractivity contribution is -0.120. The number of anilines is 1. The first-order valence-corrected chi connectivity index (χ1v) is 11.1. The first-order valence-electron chi connectivity index (χ1n) is 7.81. The molecule has 1 aromatic carbocycles. The van der Waals surface area contributed by atoms with Crippen molar-refractivity contribution < 1.29 is 21.6 Å². The molecule has 1 N–H and O–H groups in total. The quantitative estimate of drug-likeness (QED) is 0.792. The predicted octanol–water partition coefficient (Wildman–Crippen LogP) is 0.547. The van der Waals surface area contributed by atoms with Gasteiger partial charge in [-0.1, -0.05) is 12.1 Å². The van der Waals surface area contributed by atoms with Gasteiger partial charge in [0.15, 0.2) is 0 Å². The van der Waals surface area contributed by atoms with E-state index < -0.39 is 26.0 Å². The van der Waals surface area contributed by atoms with Gasteiger partial charge in [0.05, 0.1) is 17.9 Å². The van der Waals surface area contributed by atoms with Gasteiger partial charge in [-0.15, -0.1) is 0 Å². The highest BCUT2D eigenvalue weighted by atomic mass is 32.2. The van der Waals surface area contributed by atoms with Crippen molar-refractivity contribution in [1.29, 1.82) is 0 Å². The zero-order valence-corrected chi connectivity index (χ0v) is 16.1. The summed E-state index contributed by atoms with van der Waals surface area (Å²) in [5.41, 5.74) is 0.192. The van der Waals surface area contributed by atoms with Crippen molar-refractivity contribution in [2.45, 2.75) is 17.7 Å². The number of carbonyl (C=O) groups excluding carboxylic acids is 1. The highest BCUT2D eigenvalue weighted by molar-refractivity contribution is 7.89. The van der Waals surface area contributed by atoms with Gasteiger partial charge < -0.3 is 5.32 Å². The minimum absolute atomic E-state index is 0.00382. The monoisotopic (exact) mass is 389 g/mol. The van der Waals surface area contributed by atoms with Crippen LogP contribution in [0.1, 0.15) is 12.8 Å². The summed E-state index contributed by atoms with van der Waals surface area (Å²) < 4.78 is 50.5. The number of benzene rings is 1. The number of amides is 1. The second-order valence-electron chi connectivity index (χ2n) is 6.23. The lowest BCUT2D eigenvalue weighted by Crippen LogP contribution is -2.43. The van der Waals surface area contributed by atoms with Crippen molar-refractivity contribution in [1.82, 2.24) is 8.61 Å². The molecule has 1 aliphatic rings. The number of nitrogens with one attached hydrogen (secondary N) is 1. The van der Waals surface area contributed by atoms with Crippen LogP contribution in [0.25, 0.3) is 0 Å². The molecule has 140 valence electrons. The first-order chi connectivity index (χ1) is 11.5. The molecule has 0 spiro atoms. The normalized spacial score (nSPS) is 19.8. The Labute approximate surface area is 148 Å². The number of carbonyl (C=O) groups is 1. The van der Waals surface area contributed by atoms with Crippen molar-refractivity contribution in [3.8, 4) is 0 Å². The number of hydrogen-bond acceptors (Lipinski definition) is 5. The van der Waals surface area contributed by atoms with E-state index in [0.29, 0.717) is 19.4 Å². The number of para-hydroxylation sites is 1. The first kappa shape index (κ1) is 19.8. The van der Waals surface area contributed by atoms with Crippen LogP contribution in [0.5, 0.6) is 0 Å². The average Bonchev–Trinajstić information content (AvgIpc) is 2.54. The smallest absolute Gasteiger partial charge is 0.244 e. The van der Waals surface area contributed by atoms with Crippen LogP contribution < -0.4 is 5.32 Å². The molecule has 0 radical (unpaired) electrons. The molecular formula is C15H23N3O5S2. The number of rotatable bonds is 5. The highest BCUT2D eigenvalue weighted by Crippen LogP contribution is 2.25. The minimum atomic E-state index is -3.71. The van der Waals surface area contributed by atoms with Crippen LogP contribution in [-0.4, -0.2) is 64.8 Å². The van der Waals surface area contributed by atoms with Gasteiger partial charge in [0.2, 0.25) is 26.0 Å². The van der Waals surface area contributed by atoms with Crippen molar-refractivity contribution in [2.24, 2.45) is 5.92 Å². The molecule has 0 aliphatic carbocycles. The topological polar surface area (TPSA) is 104 Å². The molecule has 1 saturated heterocycles. The van der Waals surface area contributed by atoms with Gasteiger partial charge in [0.1, 0.15) is 4.90 Å². The molecule has 8 nitrogen and oxygen atoms in total. The maximum absolute atomic E-state index is 12.5. The molecule has 1 amide bonds.